The minimum atomic E-state index is -1.59. The Kier molecular flexibility index (Phi) is 6.29. The Morgan fingerprint density at radius 1 is 1.11 bits per heavy atom. The first-order valence-electron chi connectivity index (χ1n) is 6.85. The van der Waals surface area contributed by atoms with Gasteiger partial charge in [0.1, 0.15) is 6.29 Å². The van der Waals surface area contributed by atoms with Gasteiger partial charge in [0.15, 0.2) is 8.32 Å². The molecule has 3 heteroatoms. The summed E-state index contributed by atoms with van der Waals surface area (Å²) in [5.41, 5.74) is 1.05. The highest BCUT2D eigenvalue weighted by molar-refractivity contribution is 6.73. The van der Waals surface area contributed by atoms with Gasteiger partial charge in [-0.25, -0.2) is 0 Å². The molecule has 1 aromatic rings. The van der Waals surface area contributed by atoms with Crippen LogP contribution in [0.4, 0.5) is 0 Å². The van der Waals surface area contributed by atoms with Crippen molar-refractivity contribution in [3.63, 3.8) is 0 Å². The Balaban J connectivity index is 2.68. The smallest absolute Gasteiger partial charge is 0.192 e. The molecule has 0 radical (unpaired) electrons. The van der Waals surface area contributed by atoms with Gasteiger partial charge in [0.2, 0.25) is 0 Å². The molecular formula is C15H24O2Si. The van der Waals surface area contributed by atoms with Crippen molar-refractivity contribution in [3.8, 4) is 0 Å². The minimum absolute atomic E-state index is 0.122. The predicted molar refractivity (Wildman–Crippen MR) is 78.4 cm³/mol. The summed E-state index contributed by atoms with van der Waals surface area (Å²) in [6, 6.07) is 13.3. The third-order valence-corrected chi connectivity index (χ3v) is 8.54. The molecule has 0 amide bonds. The summed E-state index contributed by atoms with van der Waals surface area (Å²) < 4.78 is 6.19. The molecule has 1 atom stereocenters. The van der Waals surface area contributed by atoms with Crippen molar-refractivity contribution in [1.82, 2.24) is 0 Å². The average Bonchev–Trinajstić information content (AvgIpc) is 2.45. The van der Waals surface area contributed by atoms with Crippen LogP contribution in [0.25, 0.3) is 0 Å². The van der Waals surface area contributed by atoms with Gasteiger partial charge in [0, 0.05) is 6.61 Å². The summed E-state index contributed by atoms with van der Waals surface area (Å²) >= 11 is 0. The molecule has 0 fully saturated rings. The standard InChI is InChI=1S/C15H24O2Si/c1-4-18(5-2,6-3)17-13-15(12-16)14-10-8-7-9-11-14/h7-12,15H,4-6,13H2,1-3H3. The van der Waals surface area contributed by atoms with Gasteiger partial charge < -0.3 is 9.22 Å². The Hall–Kier alpha value is -0.933. The van der Waals surface area contributed by atoms with Gasteiger partial charge in [-0.05, 0) is 23.7 Å². The van der Waals surface area contributed by atoms with Crippen LogP contribution >= 0.6 is 0 Å². The molecule has 1 rings (SSSR count). The highest BCUT2D eigenvalue weighted by atomic mass is 28.4. The van der Waals surface area contributed by atoms with Crippen molar-refractivity contribution in [1.29, 1.82) is 0 Å². The largest absolute Gasteiger partial charge is 0.416 e. The van der Waals surface area contributed by atoms with Crippen LogP contribution < -0.4 is 0 Å². The van der Waals surface area contributed by atoms with Gasteiger partial charge in [-0.1, -0.05) is 51.1 Å². The van der Waals surface area contributed by atoms with E-state index in [4.69, 9.17) is 4.43 Å². The number of benzene rings is 1. The zero-order valence-electron chi connectivity index (χ0n) is 11.7. The molecule has 1 aromatic carbocycles. The van der Waals surface area contributed by atoms with E-state index in [1.54, 1.807) is 0 Å². The van der Waals surface area contributed by atoms with Gasteiger partial charge in [-0.2, -0.15) is 0 Å². The van der Waals surface area contributed by atoms with Crippen LogP contribution in [-0.2, 0) is 9.22 Å². The normalized spacial score (nSPS) is 13.3. The van der Waals surface area contributed by atoms with Crippen LogP contribution in [0.3, 0.4) is 0 Å². The van der Waals surface area contributed by atoms with E-state index in [0.29, 0.717) is 6.61 Å². The quantitative estimate of drug-likeness (QED) is 0.524. The van der Waals surface area contributed by atoms with E-state index in [-0.39, 0.29) is 5.92 Å². The third kappa shape index (κ3) is 3.78. The van der Waals surface area contributed by atoms with E-state index < -0.39 is 8.32 Å². The molecule has 18 heavy (non-hydrogen) atoms. The lowest BCUT2D eigenvalue weighted by molar-refractivity contribution is -0.109. The number of carbonyl (C=O) groups is 1. The fourth-order valence-electron chi connectivity index (χ4n) is 2.24. The first-order valence-corrected chi connectivity index (χ1v) is 9.38. The van der Waals surface area contributed by atoms with E-state index in [0.717, 1.165) is 30.0 Å². The van der Waals surface area contributed by atoms with E-state index in [1.807, 2.05) is 30.3 Å². The lowest BCUT2D eigenvalue weighted by Gasteiger charge is -2.29. The second-order valence-electron chi connectivity index (χ2n) is 4.71. The van der Waals surface area contributed by atoms with E-state index >= 15 is 0 Å². The Bertz CT molecular complexity index is 339. The fourth-order valence-corrected chi connectivity index (χ4v) is 4.88. The van der Waals surface area contributed by atoms with E-state index in [1.165, 1.54) is 0 Å². The van der Waals surface area contributed by atoms with Crippen molar-refractivity contribution < 1.29 is 9.22 Å². The van der Waals surface area contributed by atoms with Gasteiger partial charge in [-0.15, -0.1) is 0 Å². The predicted octanol–water partition coefficient (Wildman–Crippen LogP) is 3.99. The van der Waals surface area contributed by atoms with Crippen LogP contribution in [0.5, 0.6) is 0 Å². The molecule has 0 saturated carbocycles. The molecule has 1 unspecified atom stereocenters. The number of rotatable bonds is 8. The minimum Gasteiger partial charge on any atom is -0.416 e. The van der Waals surface area contributed by atoms with Gasteiger partial charge >= 0.3 is 0 Å². The number of hydrogen-bond donors (Lipinski definition) is 0. The van der Waals surface area contributed by atoms with Gasteiger partial charge in [0.25, 0.3) is 0 Å². The first-order chi connectivity index (χ1) is 8.71. The van der Waals surface area contributed by atoms with Gasteiger partial charge in [0.05, 0.1) is 5.92 Å². The maximum Gasteiger partial charge on any atom is 0.192 e. The van der Waals surface area contributed by atoms with E-state index in [2.05, 4.69) is 20.8 Å². The summed E-state index contributed by atoms with van der Waals surface area (Å²) in [6.45, 7) is 7.15. The second kappa shape index (κ2) is 7.49. The highest BCUT2D eigenvalue weighted by Crippen LogP contribution is 2.24. The molecule has 2 nitrogen and oxygen atoms in total. The second-order valence-corrected chi connectivity index (χ2v) is 9.48. The van der Waals surface area contributed by atoms with Crippen molar-refractivity contribution >= 4 is 14.6 Å². The van der Waals surface area contributed by atoms with Crippen LogP contribution in [0, 0.1) is 0 Å². The number of carbonyl (C=O) groups excluding carboxylic acids is 1. The average molecular weight is 264 g/mol. The maximum atomic E-state index is 11.2. The highest BCUT2D eigenvalue weighted by Gasteiger charge is 2.29. The molecule has 0 heterocycles. The lowest BCUT2D eigenvalue weighted by Crippen LogP contribution is -2.37. The maximum absolute atomic E-state index is 11.2. The Morgan fingerprint density at radius 3 is 2.11 bits per heavy atom. The van der Waals surface area contributed by atoms with Crippen molar-refractivity contribution in [3.05, 3.63) is 35.9 Å². The molecule has 0 saturated heterocycles. The van der Waals surface area contributed by atoms with Crippen molar-refractivity contribution in [2.75, 3.05) is 6.61 Å². The number of aldehydes is 1. The molecule has 0 N–H and O–H groups in total. The van der Waals surface area contributed by atoms with E-state index in [9.17, 15) is 4.79 Å². The zero-order valence-corrected chi connectivity index (χ0v) is 12.7. The summed E-state index contributed by atoms with van der Waals surface area (Å²) in [5, 5.41) is 0. The van der Waals surface area contributed by atoms with Crippen LogP contribution in [0.2, 0.25) is 18.1 Å². The molecule has 0 aliphatic rings. The van der Waals surface area contributed by atoms with Crippen LogP contribution in [0.1, 0.15) is 32.3 Å². The zero-order chi connectivity index (χ0) is 13.4. The third-order valence-electron chi connectivity index (χ3n) is 3.89. The van der Waals surface area contributed by atoms with Crippen LogP contribution in [0.15, 0.2) is 30.3 Å². The lowest BCUT2D eigenvalue weighted by atomic mass is 10.0. The first kappa shape index (κ1) is 15.1. The molecule has 0 bridgehead atoms. The SMILES string of the molecule is CC[Si](CC)(CC)OCC(C=O)c1ccccc1. The van der Waals surface area contributed by atoms with Crippen LogP contribution in [-0.4, -0.2) is 21.2 Å². The fraction of sp³-hybridized carbons (Fsp3) is 0.533. The molecule has 0 spiro atoms. The Morgan fingerprint density at radius 2 is 1.67 bits per heavy atom. The van der Waals surface area contributed by atoms with Crippen molar-refractivity contribution in [2.45, 2.75) is 44.8 Å². The molecule has 100 valence electrons. The summed E-state index contributed by atoms with van der Waals surface area (Å²) in [7, 11) is -1.59. The van der Waals surface area contributed by atoms with Gasteiger partial charge in [-0.3, -0.25) is 0 Å². The molecule has 0 aliphatic heterocycles. The molecule has 0 aliphatic carbocycles. The molecule has 0 aromatic heterocycles. The topological polar surface area (TPSA) is 26.3 Å². The molecular weight excluding hydrogens is 240 g/mol. The summed E-state index contributed by atoms with van der Waals surface area (Å²) in [6.07, 6.45) is 1.01. The monoisotopic (exact) mass is 264 g/mol. The number of hydrogen-bond acceptors (Lipinski definition) is 2. The summed E-state index contributed by atoms with van der Waals surface area (Å²) in [5.74, 6) is -0.122. The van der Waals surface area contributed by atoms with Crippen molar-refractivity contribution in [2.24, 2.45) is 0 Å². The summed E-state index contributed by atoms with van der Waals surface area (Å²) in [4.78, 5) is 11.2. The Labute approximate surface area is 111 Å².